The molecule has 0 bridgehead atoms. The summed E-state index contributed by atoms with van der Waals surface area (Å²) in [7, 11) is 0. The van der Waals surface area contributed by atoms with Crippen molar-refractivity contribution in [2.75, 3.05) is 0 Å². The summed E-state index contributed by atoms with van der Waals surface area (Å²) in [4.78, 5) is 0.187. The topological polar surface area (TPSA) is 49.0 Å². The van der Waals surface area contributed by atoms with E-state index in [1.54, 1.807) is 5.38 Å². The SMILES string of the molecule is CCc1csc(=N)n1O. The molecule has 50 valence electrons. The molecule has 0 fully saturated rings. The predicted molar refractivity (Wildman–Crippen MR) is 34.7 cm³/mol. The minimum atomic E-state index is 0.187. The second kappa shape index (κ2) is 2.23. The number of hydrogen-bond donors (Lipinski definition) is 2. The lowest BCUT2D eigenvalue weighted by Crippen LogP contribution is -2.11. The monoisotopic (exact) mass is 144 g/mol. The molecule has 0 unspecified atom stereocenters. The van der Waals surface area contributed by atoms with Crippen molar-refractivity contribution < 1.29 is 5.21 Å². The van der Waals surface area contributed by atoms with Crippen molar-refractivity contribution in [1.82, 2.24) is 4.73 Å². The molecule has 4 heteroatoms. The molecule has 0 aromatic carbocycles. The van der Waals surface area contributed by atoms with E-state index in [2.05, 4.69) is 0 Å². The molecule has 2 N–H and O–H groups in total. The Bertz CT molecular complexity index is 250. The zero-order chi connectivity index (χ0) is 6.85. The fourth-order valence-electron chi connectivity index (χ4n) is 0.587. The highest BCUT2D eigenvalue weighted by Gasteiger charge is 1.97. The van der Waals surface area contributed by atoms with E-state index in [1.807, 2.05) is 6.92 Å². The highest BCUT2D eigenvalue weighted by molar-refractivity contribution is 7.07. The van der Waals surface area contributed by atoms with Gasteiger partial charge in [-0.1, -0.05) is 6.92 Å². The summed E-state index contributed by atoms with van der Waals surface area (Å²) in [5.74, 6) is 0. The zero-order valence-corrected chi connectivity index (χ0v) is 5.90. The van der Waals surface area contributed by atoms with E-state index in [0.717, 1.165) is 16.8 Å². The Kier molecular flexibility index (Phi) is 1.57. The zero-order valence-electron chi connectivity index (χ0n) is 5.09. The first kappa shape index (κ1) is 6.35. The van der Waals surface area contributed by atoms with Crippen LogP contribution in [0.1, 0.15) is 12.6 Å². The van der Waals surface area contributed by atoms with Crippen LogP contribution in [0.3, 0.4) is 0 Å². The number of thiazole rings is 1. The number of aromatic nitrogens is 1. The van der Waals surface area contributed by atoms with Crippen LogP contribution in [0.4, 0.5) is 0 Å². The van der Waals surface area contributed by atoms with Crippen LogP contribution in [0, 0.1) is 5.41 Å². The van der Waals surface area contributed by atoms with Crippen molar-refractivity contribution in [2.24, 2.45) is 0 Å². The first-order valence-electron chi connectivity index (χ1n) is 2.69. The normalized spacial score (nSPS) is 9.89. The summed E-state index contributed by atoms with van der Waals surface area (Å²) < 4.78 is 0.907. The summed E-state index contributed by atoms with van der Waals surface area (Å²) in [5.41, 5.74) is 0.796. The third-order valence-corrected chi connectivity index (χ3v) is 1.92. The molecule has 0 saturated carbocycles. The molecule has 1 rings (SSSR count). The molecule has 3 nitrogen and oxygen atoms in total. The molecule has 0 aliphatic carbocycles. The second-order valence-corrected chi connectivity index (χ2v) is 2.56. The van der Waals surface area contributed by atoms with Gasteiger partial charge in [-0.05, 0) is 6.42 Å². The van der Waals surface area contributed by atoms with E-state index in [4.69, 9.17) is 10.6 Å². The predicted octanol–water partition coefficient (Wildman–Crippen LogP) is 0.829. The summed E-state index contributed by atoms with van der Waals surface area (Å²) in [6, 6.07) is 0. The number of nitrogens with zero attached hydrogens (tertiary/aromatic N) is 1. The average molecular weight is 144 g/mol. The molecule has 0 atom stereocenters. The van der Waals surface area contributed by atoms with Crippen LogP contribution in [-0.4, -0.2) is 9.94 Å². The van der Waals surface area contributed by atoms with Gasteiger partial charge < -0.3 is 5.21 Å². The van der Waals surface area contributed by atoms with Gasteiger partial charge in [-0.25, -0.2) is 0 Å². The van der Waals surface area contributed by atoms with Crippen LogP contribution in [0.5, 0.6) is 0 Å². The summed E-state index contributed by atoms with van der Waals surface area (Å²) in [6.07, 6.45) is 0.770. The van der Waals surface area contributed by atoms with Crippen LogP contribution >= 0.6 is 11.3 Å². The molecule has 0 spiro atoms. The van der Waals surface area contributed by atoms with E-state index in [-0.39, 0.29) is 4.80 Å². The van der Waals surface area contributed by atoms with Crippen molar-refractivity contribution in [3.63, 3.8) is 0 Å². The number of hydrogen-bond acceptors (Lipinski definition) is 3. The van der Waals surface area contributed by atoms with Gasteiger partial charge in [-0.2, -0.15) is 4.73 Å². The van der Waals surface area contributed by atoms with Gasteiger partial charge in [0.05, 0.1) is 5.69 Å². The minimum absolute atomic E-state index is 0.187. The average Bonchev–Trinajstić information content (AvgIpc) is 2.15. The highest BCUT2D eigenvalue weighted by atomic mass is 32.1. The molecule has 0 saturated heterocycles. The number of rotatable bonds is 1. The Balaban J connectivity index is 3.20. The smallest absolute Gasteiger partial charge is 0.216 e. The molecule has 0 radical (unpaired) electrons. The van der Waals surface area contributed by atoms with Gasteiger partial charge >= 0.3 is 0 Å². The van der Waals surface area contributed by atoms with Crippen molar-refractivity contribution >= 4 is 11.3 Å². The van der Waals surface area contributed by atoms with Gasteiger partial charge in [0.25, 0.3) is 0 Å². The first-order chi connectivity index (χ1) is 4.25. The summed E-state index contributed by atoms with van der Waals surface area (Å²) in [6.45, 7) is 1.94. The Labute approximate surface area is 56.7 Å². The van der Waals surface area contributed by atoms with Gasteiger partial charge in [0.2, 0.25) is 4.80 Å². The third kappa shape index (κ3) is 0.977. The lowest BCUT2D eigenvalue weighted by Gasteiger charge is -1.92. The van der Waals surface area contributed by atoms with E-state index in [1.165, 1.54) is 11.3 Å². The Morgan fingerprint density at radius 1 is 1.89 bits per heavy atom. The van der Waals surface area contributed by atoms with Crippen LogP contribution < -0.4 is 4.80 Å². The molecular formula is C5H8N2OS. The van der Waals surface area contributed by atoms with Crippen molar-refractivity contribution in [1.29, 1.82) is 5.41 Å². The standard InChI is InChI=1S/C5H8N2OS/c1-2-4-3-9-5(6)7(4)8/h3,6,8H,2H2,1H3. The Morgan fingerprint density at radius 3 is 2.78 bits per heavy atom. The second-order valence-electron chi connectivity index (χ2n) is 1.70. The van der Waals surface area contributed by atoms with Gasteiger partial charge in [0.1, 0.15) is 0 Å². The van der Waals surface area contributed by atoms with E-state index >= 15 is 0 Å². The lowest BCUT2D eigenvalue weighted by atomic mass is 10.4. The third-order valence-electron chi connectivity index (χ3n) is 1.13. The van der Waals surface area contributed by atoms with Crippen molar-refractivity contribution in [2.45, 2.75) is 13.3 Å². The fraction of sp³-hybridized carbons (Fsp3) is 0.400. The Hall–Kier alpha value is -0.770. The summed E-state index contributed by atoms with van der Waals surface area (Å²) in [5, 5.41) is 17.8. The fourth-order valence-corrected chi connectivity index (χ4v) is 1.32. The molecule has 0 aliphatic heterocycles. The van der Waals surface area contributed by atoms with E-state index < -0.39 is 0 Å². The lowest BCUT2D eigenvalue weighted by molar-refractivity contribution is 0.167. The molecule has 1 aromatic heterocycles. The van der Waals surface area contributed by atoms with Crippen molar-refractivity contribution in [3.05, 3.63) is 15.9 Å². The first-order valence-corrected chi connectivity index (χ1v) is 3.57. The van der Waals surface area contributed by atoms with Gasteiger partial charge in [-0.3, -0.25) is 5.41 Å². The van der Waals surface area contributed by atoms with Gasteiger partial charge in [0, 0.05) is 5.38 Å². The van der Waals surface area contributed by atoms with Crippen molar-refractivity contribution in [3.8, 4) is 0 Å². The van der Waals surface area contributed by atoms with Gasteiger partial charge in [0.15, 0.2) is 0 Å². The molecule has 0 amide bonds. The number of aryl methyl sites for hydroxylation is 1. The van der Waals surface area contributed by atoms with Gasteiger partial charge in [-0.15, -0.1) is 11.3 Å². The van der Waals surface area contributed by atoms with Crippen LogP contribution in [0.15, 0.2) is 5.38 Å². The molecule has 9 heavy (non-hydrogen) atoms. The van der Waals surface area contributed by atoms with Crippen LogP contribution in [-0.2, 0) is 6.42 Å². The maximum Gasteiger partial charge on any atom is 0.216 e. The number of nitrogens with one attached hydrogen (secondary N) is 1. The molecule has 1 aromatic rings. The molecule has 0 aliphatic rings. The van der Waals surface area contributed by atoms with E-state index in [0.29, 0.717) is 0 Å². The largest absolute Gasteiger partial charge is 0.426 e. The molecular weight excluding hydrogens is 136 g/mol. The maximum atomic E-state index is 8.98. The summed E-state index contributed by atoms with van der Waals surface area (Å²) >= 11 is 1.24. The molecule has 1 heterocycles. The van der Waals surface area contributed by atoms with E-state index in [9.17, 15) is 0 Å². The van der Waals surface area contributed by atoms with Crippen LogP contribution in [0.2, 0.25) is 0 Å². The Morgan fingerprint density at radius 2 is 2.56 bits per heavy atom. The highest BCUT2D eigenvalue weighted by Crippen LogP contribution is 1.98. The quantitative estimate of drug-likeness (QED) is 0.563. The van der Waals surface area contributed by atoms with Crippen LogP contribution in [0.25, 0.3) is 0 Å². The maximum absolute atomic E-state index is 8.98. The minimum Gasteiger partial charge on any atom is -0.426 e.